The monoisotopic (exact) mass is 677 g/mol. The maximum atomic E-state index is 14.8. The van der Waals surface area contributed by atoms with E-state index in [9.17, 15) is 24.3 Å². The van der Waals surface area contributed by atoms with E-state index in [2.05, 4.69) is 5.32 Å². The summed E-state index contributed by atoms with van der Waals surface area (Å²) in [6.07, 6.45) is 14.4. The van der Waals surface area contributed by atoms with Crippen molar-refractivity contribution in [1.29, 1.82) is 0 Å². The van der Waals surface area contributed by atoms with Gasteiger partial charge in [-0.05, 0) is 37.7 Å². The van der Waals surface area contributed by atoms with E-state index in [0.717, 1.165) is 44.9 Å². The zero-order chi connectivity index (χ0) is 34.4. The molecular weight excluding hydrogens is 626 g/mol. The Morgan fingerprint density at radius 3 is 2.51 bits per heavy atom. The normalized spacial score (nSPS) is 33.1. The van der Waals surface area contributed by atoms with Crippen LogP contribution < -0.4 is 5.32 Å². The third-order valence-corrected chi connectivity index (χ3v) is 10.9. The molecule has 1 aromatic rings. The number of unbranched alkanes of at least 4 members (excludes halogenated alkanes) is 3. The summed E-state index contributed by atoms with van der Waals surface area (Å²) in [5.74, 6) is -3.22. The Hall–Kier alpha value is -3.54. The first-order chi connectivity index (χ1) is 23.9. The van der Waals surface area contributed by atoms with Crippen LogP contribution in [0.15, 0.2) is 54.6 Å². The van der Waals surface area contributed by atoms with Gasteiger partial charge >= 0.3 is 5.97 Å². The quantitative estimate of drug-likeness (QED) is 0.218. The Bertz CT molecular complexity index is 1390. The molecule has 0 bridgehead atoms. The fourth-order valence-corrected chi connectivity index (χ4v) is 8.62. The maximum absolute atomic E-state index is 14.8. The van der Waals surface area contributed by atoms with E-state index in [1.165, 1.54) is 7.11 Å². The highest BCUT2D eigenvalue weighted by atomic mass is 16.6. The Morgan fingerprint density at radius 1 is 0.980 bits per heavy atom. The summed E-state index contributed by atoms with van der Waals surface area (Å²) in [6.45, 7) is 0.993. The average Bonchev–Trinajstić information content (AvgIpc) is 3.49. The molecular formula is C38H51N3O8. The predicted molar refractivity (Wildman–Crippen MR) is 181 cm³/mol. The number of fused-ring (bicyclic) bond motifs is 2. The molecule has 1 saturated carbocycles. The second-order valence-corrected chi connectivity index (χ2v) is 14.1. The molecule has 7 atom stereocenters. The molecule has 2 saturated heterocycles. The number of aliphatic hydroxyl groups is 1. The SMILES string of the molecule is COC[C@H]1NC(=O)CC/C=C\[C@H]2O[C@]34C=CCN(C5CCCCC5)C(=O)[C@H]3N(CCCCCCO)C(=O)[C@@H]4[C@H]2C(=O)O[C@@H]1c1ccccc1. The van der Waals surface area contributed by atoms with Crippen LogP contribution in [-0.4, -0.2) is 102 Å². The number of cyclic esters (lactones) is 1. The van der Waals surface area contributed by atoms with Gasteiger partial charge in [0.2, 0.25) is 17.7 Å². The Balaban J connectivity index is 1.39. The number of amides is 3. The largest absolute Gasteiger partial charge is 0.455 e. The van der Waals surface area contributed by atoms with Crippen molar-refractivity contribution in [3.63, 3.8) is 0 Å². The third kappa shape index (κ3) is 7.21. The summed E-state index contributed by atoms with van der Waals surface area (Å²) < 4.78 is 18.7. The number of benzene rings is 1. The van der Waals surface area contributed by atoms with Crippen molar-refractivity contribution >= 4 is 23.7 Å². The molecule has 11 heteroatoms. The molecule has 0 aromatic heterocycles. The molecule has 1 aromatic carbocycles. The minimum absolute atomic E-state index is 0.0930. The van der Waals surface area contributed by atoms with Gasteiger partial charge in [0, 0.05) is 39.3 Å². The standard InChI is InChI=1S/C38H51N3O8/c1-47-25-28-33(26-15-6-4-7-16-26)48-37(46)31-29(19-10-11-20-30(43)39-28)49-38-21-14-23-40(27-17-8-5-9-18-27)36(45)34(38)41(35(44)32(31)38)22-12-2-3-13-24-42/h4,6-7,10,14-16,19,21,27-29,31-34,42H,2-3,5,8-9,11-13,17-18,20,22-25H2,1H3,(H,39,43)/b19-10-/t28-,29-,31+,32+,33-,34-,38+/m1/s1. The number of aliphatic hydroxyl groups excluding tert-OH is 1. The van der Waals surface area contributed by atoms with Crippen LogP contribution in [-0.2, 0) is 33.4 Å². The van der Waals surface area contributed by atoms with E-state index < -0.39 is 47.7 Å². The highest BCUT2D eigenvalue weighted by Gasteiger charge is 2.72. The van der Waals surface area contributed by atoms with Crippen molar-refractivity contribution in [3.8, 4) is 0 Å². The van der Waals surface area contributed by atoms with Gasteiger partial charge in [0.1, 0.15) is 23.7 Å². The number of hydrogen-bond acceptors (Lipinski definition) is 8. The van der Waals surface area contributed by atoms with Crippen molar-refractivity contribution in [1.82, 2.24) is 15.1 Å². The summed E-state index contributed by atoms with van der Waals surface area (Å²) in [6, 6.07) is 7.73. The number of rotatable bonds is 10. The lowest BCUT2D eigenvalue weighted by molar-refractivity contribution is -0.162. The number of esters is 1. The third-order valence-electron chi connectivity index (χ3n) is 10.9. The molecule has 0 radical (unpaired) electrons. The van der Waals surface area contributed by atoms with E-state index in [-0.39, 0.29) is 43.4 Å². The number of ether oxygens (including phenoxy) is 3. The molecule has 2 N–H and O–H groups in total. The summed E-state index contributed by atoms with van der Waals surface area (Å²) in [5.41, 5.74) is -0.673. The zero-order valence-corrected chi connectivity index (χ0v) is 28.5. The van der Waals surface area contributed by atoms with E-state index in [1.54, 1.807) is 11.0 Å². The Morgan fingerprint density at radius 2 is 1.76 bits per heavy atom. The van der Waals surface area contributed by atoms with E-state index in [0.29, 0.717) is 37.9 Å². The number of carbonyl (C=O) groups excluding carboxylic acids is 4. The van der Waals surface area contributed by atoms with Crippen LogP contribution in [0, 0.1) is 11.8 Å². The van der Waals surface area contributed by atoms with Crippen LogP contribution in [0.25, 0.3) is 0 Å². The molecule has 5 aliphatic rings. The first kappa shape index (κ1) is 35.3. The Kier molecular flexibility index (Phi) is 11.5. The molecule has 4 aliphatic heterocycles. The van der Waals surface area contributed by atoms with E-state index in [1.807, 2.05) is 53.5 Å². The fourth-order valence-electron chi connectivity index (χ4n) is 8.62. The van der Waals surface area contributed by atoms with Crippen molar-refractivity contribution in [2.45, 2.75) is 107 Å². The molecule has 266 valence electrons. The number of methoxy groups -OCH3 is 1. The van der Waals surface area contributed by atoms with Gasteiger partial charge in [0.15, 0.2) is 0 Å². The predicted octanol–water partition coefficient (Wildman–Crippen LogP) is 3.62. The first-order valence-electron chi connectivity index (χ1n) is 18.2. The zero-order valence-electron chi connectivity index (χ0n) is 28.5. The number of nitrogens with one attached hydrogen (secondary N) is 1. The molecule has 3 amide bonds. The highest BCUT2D eigenvalue weighted by molar-refractivity contribution is 5.99. The van der Waals surface area contributed by atoms with Crippen molar-refractivity contribution in [3.05, 3.63) is 60.2 Å². The number of nitrogens with zero attached hydrogens (tertiary/aromatic N) is 2. The van der Waals surface area contributed by atoms with Gasteiger partial charge in [-0.15, -0.1) is 0 Å². The van der Waals surface area contributed by atoms with Gasteiger partial charge in [-0.1, -0.05) is 86.7 Å². The van der Waals surface area contributed by atoms with Crippen LogP contribution in [0.3, 0.4) is 0 Å². The maximum Gasteiger partial charge on any atom is 0.313 e. The summed E-state index contributed by atoms with van der Waals surface area (Å²) in [5, 5.41) is 12.3. The van der Waals surface area contributed by atoms with E-state index in [4.69, 9.17) is 14.2 Å². The highest BCUT2D eigenvalue weighted by Crippen LogP contribution is 2.53. The number of carbonyl (C=O) groups is 4. The summed E-state index contributed by atoms with van der Waals surface area (Å²) >= 11 is 0. The number of hydrogen-bond donors (Lipinski definition) is 2. The minimum atomic E-state index is -1.36. The first-order valence-corrected chi connectivity index (χ1v) is 18.2. The minimum Gasteiger partial charge on any atom is -0.455 e. The van der Waals surface area contributed by atoms with Crippen LogP contribution in [0.5, 0.6) is 0 Å². The van der Waals surface area contributed by atoms with Gasteiger partial charge in [0.05, 0.1) is 24.7 Å². The second-order valence-electron chi connectivity index (χ2n) is 14.1. The summed E-state index contributed by atoms with van der Waals surface area (Å²) in [4.78, 5) is 60.7. The van der Waals surface area contributed by atoms with Gasteiger partial charge in [-0.3, -0.25) is 19.2 Å². The molecule has 4 heterocycles. The molecule has 3 fully saturated rings. The average molecular weight is 678 g/mol. The molecule has 0 unspecified atom stereocenters. The van der Waals surface area contributed by atoms with Crippen LogP contribution >= 0.6 is 0 Å². The van der Waals surface area contributed by atoms with Gasteiger partial charge in [0.25, 0.3) is 0 Å². The molecule has 11 nitrogen and oxygen atoms in total. The van der Waals surface area contributed by atoms with E-state index >= 15 is 0 Å². The van der Waals surface area contributed by atoms with Gasteiger partial charge < -0.3 is 34.4 Å². The lowest BCUT2D eigenvalue weighted by Gasteiger charge is -2.39. The fraction of sp³-hybridized carbons (Fsp3) is 0.632. The Labute approximate surface area is 289 Å². The van der Waals surface area contributed by atoms with Crippen molar-refractivity contribution in [2.24, 2.45) is 11.8 Å². The number of likely N-dealkylation sites (tertiary alicyclic amines) is 1. The van der Waals surface area contributed by atoms with Crippen LogP contribution in [0.2, 0.25) is 0 Å². The lowest BCUT2D eigenvalue weighted by Crippen LogP contribution is -2.57. The van der Waals surface area contributed by atoms with Gasteiger partial charge in [-0.2, -0.15) is 0 Å². The summed E-state index contributed by atoms with van der Waals surface area (Å²) in [7, 11) is 1.53. The van der Waals surface area contributed by atoms with Crippen LogP contribution in [0.4, 0.5) is 0 Å². The molecule has 1 aliphatic carbocycles. The number of allylic oxidation sites excluding steroid dienone is 1. The second kappa shape index (κ2) is 16.0. The molecule has 1 spiro atoms. The lowest BCUT2D eigenvalue weighted by atomic mass is 9.77. The molecule has 6 rings (SSSR count). The smallest absolute Gasteiger partial charge is 0.313 e. The van der Waals surface area contributed by atoms with Gasteiger partial charge in [-0.25, -0.2) is 0 Å². The topological polar surface area (TPSA) is 135 Å². The van der Waals surface area contributed by atoms with Crippen molar-refractivity contribution < 1.29 is 38.5 Å². The molecule has 49 heavy (non-hydrogen) atoms. The van der Waals surface area contributed by atoms with Crippen LogP contribution in [0.1, 0.15) is 82.3 Å². The van der Waals surface area contributed by atoms with Crippen molar-refractivity contribution in [2.75, 3.05) is 33.4 Å².